The van der Waals surface area contributed by atoms with Crippen LogP contribution in [0.3, 0.4) is 0 Å². The van der Waals surface area contributed by atoms with Crippen LogP contribution in [0.25, 0.3) is 6.08 Å². The number of hydrogen-bond donors (Lipinski definition) is 2. The minimum Gasteiger partial charge on any atom is -0.464 e. The van der Waals surface area contributed by atoms with Crippen molar-refractivity contribution in [3.63, 3.8) is 0 Å². The standard InChI is InChI=1S/C46H77N5O4/c1-33(2)36(5)51(9)45(53)31-39(30-40(49-47)32-48-24-18-15-13-11-10-12-14-16-19-25-50(7)8)41-22-23-44(55-46-27-34(3)35(4)37(6)54-46)43-29-38(28-42(41)43)21-17-20-26-52/h22-23,26,29,32-37,39,46-48H,10-21,24-25,27-28,30-31H2,1-9H3/b40-32-,49-47?. The van der Waals surface area contributed by atoms with Crippen LogP contribution in [0.15, 0.2) is 34.7 Å². The van der Waals surface area contributed by atoms with Crippen molar-refractivity contribution in [2.24, 2.45) is 22.9 Å². The molecule has 3 rings (SSSR count). The summed E-state index contributed by atoms with van der Waals surface area (Å²) < 4.78 is 13.0. The smallest absolute Gasteiger partial charge is 0.223 e. The molecule has 0 radical (unpaired) electrons. The molecule has 0 aromatic heterocycles. The maximum absolute atomic E-state index is 13.9. The van der Waals surface area contributed by atoms with E-state index in [9.17, 15) is 9.59 Å². The molecule has 1 fully saturated rings. The molecular weight excluding hydrogens is 687 g/mol. The monoisotopic (exact) mass is 764 g/mol. The summed E-state index contributed by atoms with van der Waals surface area (Å²) in [6, 6.07) is 4.30. The van der Waals surface area contributed by atoms with Gasteiger partial charge in [-0.3, -0.25) is 4.79 Å². The first-order valence-electron chi connectivity index (χ1n) is 21.7. The van der Waals surface area contributed by atoms with Crippen molar-refractivity contribution < 1.29 is 19.1 Å². The molecule has 6 unspecified atom stereocenters. The third-order valence-corrected chi connectivity index (χ3v) is 12.4. The van der Waals surface area contributed by atoms with Crippen molar-refractivity contribution in [1.29, 1.82) is 5.53 Å². The van der Waals surface area contributed by atoms with Gasteiger partial charge < -0.3 is 29.4 Å². The Labute approximate surface area is 334 Å². The van der Waals surface area contributed by atoms with E-state index >= 15 is 0 Å². The predicted octanol–water partition coefficient (Wildman–Crippen LogP) is 10.7. The molecule has 55 heavy (non-hydrogen) atoms. The summed E-state index contributed by atoms with van der Waals surface area (Å²) in [6.07, 6.45) is 20.9. The zero-order valence-corrected chi connectivity index (χ0v) is 36.1. The zero-order valence-electron chi connectivity index (χ0n) is 36.1. The highest BCUT2D eigenvalue weighted by Crippen LogP contribution is 2.43. The number of ether oxygens (including phenoxy) is 2. The number of nitrogens with zero attached hydrogens (tertiary/aromatic N) is 3. The first kappa shape index (κ1) is 46.3. The number of benzene rings is 1. The lowest BCUT2D eigenvalue weighted by Gasteiger charge is -2.37. The topological polar surface area (TPSA) is 107 Å². The van der Waals surface area contributed by atoms with Crippen LogP contribution in [0, 0.1) is 23.3 Å². The second-order valence-corrected chi connectivity index (χ2v) is 17.3. The van der Waals surface area contributed by atoms with Crippen molar-refractivity contribution in [3.8, 4) is 5.75 Å². The Balaban J connectivity index is 1.75. The van der Waals surface area contributed by atoms with Crippen LogP contribution in [0.2, 0.25) is 0 Å². The van der Waals surface area contributed by atoms with Gasteiger partial charge in [0.25, 0.3) is 0 Å². The molecule has 1 aliphatic carbocycles. The minimum absolute atomic E-state index is 0.0935. The third-order valence-electron chi connectivity index (χ3n) is 12.4. The average Bonchev–Trinajstić information content (AvgIpc) is 3.58. The van der Waals surface area contributed by atoms with E-state index in [-0.39, 0.29) is 30.3 Å². The Hall–Kier alpha value is -3.04. The normalized spacial score (nSPS) is 20.9. The molecule has 1 aromatic carbocycles. The number of nitrogens with one attached hydrogen (secondary N) is 2. The minimum atomic E-state index is -0.321. The molecule has 0 saturated carbocycles. The number of rotatable bonds is 27. The second-order valence-electron chi connectivity index (χ2n) is 17.3. The fourth-order valence-corrected chi connectivity index (χ4v) is 7.97. The fourth-order valence-electron chi connectivity index (χ4n) is 7.97. The maximum Gasteiger partial charge on any atom is 0.223 e. The maximum atomic E-state index is 13.9. The third kappa shape index (κ3) is 15.4. The van der Waals surface area contributed by atoms with Crippen LogP contribution in [0.4, 0.5) is 0 Å². The number of carbonyl (C=O) groups is 2. The lowest BCUT2D eigenvalue weighted by atomic mass is 9.85. The zero-order chi connectivity index (χ0) is 40.3. The first-order valence-corrected chi connectivity index (χ1v) is 21.7. The van der Waals surface area contributed by atoms with Gasteiger partial charge in [-0.05, 0) is 107 Å². The van der Waals surface area contributed by atoms with E-state index in [0.717, 1.165) is 61.8 Å². The fraction of sp³-hybridized carbons (Fsp3) is 0.739. The molecule has 1 amide bonds. The quantitative estimate of drug-likeness (QED) is 0.0525. The van der Waals surface area contributed by atoms with Crippen molar-refractivity contribution in [2.75, 3.05) is 34.2 Å². The Morgan fingerprint density at radius 1 is 0.982 bits per heavy atom. The SMILES string of the molecule is CC(C)C(C)N(C)C(=O)CC(C/C(=C/NCCCCCCCCCCCN(C)C)N=N)c1ccc(OC2CC(C)C(C)C(C)O2)c2c1CC(CCCC=O)=C2. The van der Waals surface area contributed by atoms with Gasteiger partial charge >= 0.3 is 0 Å². The van der Waals surface area contributed by atoms with Crippen LogP contribution < -0.4 is 10.1 Å². The van der Waals surface area contributed by atoms with Gasteiger partial charge in [-0.25, -0.2) is 5.53 Å². The van der Waals surface area contributed by atoms with Crippen LogP contribution in [-0.4, -0.2) is 74.7 Å². The summed E-state index contributed by atoms with van der Waals surface area (Å²) in [5, 5.41) is 7.42. The Kier molecular flexibility index (Phi) is 20.7. The summed E-state index contributed by atoms with van der Waals surface area (Å²) >= 11 is 0. The molecular formula is C46H77N5O4. The molecule has 1 aliphatic heterocycles. The summed E-state index contributed by atoms with van der Waals surface area (Å²) in [7, 11) is 6.20. The van der Waals surface area contributed by atoms with Gasteiger partial charge in [-0.15, -0.1) is 0 Å². The molecule has 1 heterocycles. The van der Waals surface area contributed by atoms with Crippen LogP contribution in [0.1, 0.15) is 160 Å². The number of hydrogen-bond acceptors (Lipinski definition) is 8. The number of fused-ring (bicyclic) bond motifs is 1. The summed E-state index contributed by atoms with van der Waals surface area (Å²) in [4.78, 5) is 29.2. The van der Waals surface area contributed by atoms with E-state index in [2.05, 4.69) is 89.2 Å². The molecule has 2 N–H and O–H groups in total. The van der Waals surface area contributed by atoms with Gasteiger partial charge in [0.15, 0.2) is 6.29 Å². The van der Waals surface area contributed by atoms with Gasteiger partial charge in [-0.1, -0.05) is 90.4 Å². The molecule has 1 saturated heterocycles. The van der Waals surface area contributed by atoms with Gasteiger partial charge in [-0.2, -0.15) is 5.11 Å². The van der Waals surface area contributed by atoms with Crippen molar-refractivity contribution >= 4 is 18.3 Å². The van der Waals surface area contributed by atoms with Gasteiger partial charge in [0, 0.05) is 57.1 Å². The van der Waals surface area contributed by atoms with E-state index in [1.807, 2.05) is 18.1 Å². The number of unbranched alkanes of at least 4 members (excludes halogenated alkanes) is 9. The number of allylic oxidation sites excluding steroid dienone is 2. The molecule has 9 heteroatoms. The van der Waals surface area contributed by atoms with Gasteiger partial charge in [0.2, 0.25) is 5.91 Å². The van der Waals surface area contributed by atoms with E-state index in [0.29, 0.717) is 42.7 Å². The van der Waals surface area contributed by atoms with Gasteiger partial charge in [0.05, 0.1) is 11.8 Å². The lowest BCUT2D eigenvalue weighted by Crippen LogP contribution is -2.39. The Morgan fingerprint density at radius 2 is 1.65 bits per heavy atom. The molecule has 0 bridgehead atoms. The van der Waals surface area contributed by atoms with Crippen molar-refractivity contribution in [1.82, 2.24) is 15.1 Å². The highest BCUT2D eigenvalue weighted by molar-refractivity contribution is 5.78. The van der Waals surface area contributed by atoms with Crippen molar-refractivity contribution in [2.45, 2.75) is 169 Å². The highest BCUT2D eigenvalue weighted by atomic mass is 16.7. The number of carbonyl (C=O) groups excluding carboxylic acids is 2. The van der Waals surface area contributed by atoms with Crippen LogP contribution in [-0.2, 0) is 20.7 Å². The van der Waals surface area contributed by atoms with Crippen molar-refractivity contribution in [3.05, 3.63) is 46.3 Å². The Morgan fingerprint density at radius 3 is 2.27 bits per heavy atom. The molecule has 1 aromatic rings. The van der Waals surface area contributed by atoms with Crippen LogP contribution in [0.5, 0.6) is 5.75 Å². The summed E-state index contributed by atoms with van der Waals surface area (Å²) in [5.74, 6) is 2.02. The summed E-state index contributed by atoms with van der Waals surface area (Å²) in [6.45, 7) is 15.1. The van der Waals surface area contributed by atoms with Gasteiger partial charge in [0.1, 0.15) is 12.0 Å². The van der Waals surface area contributed by atoms with E-state index in [4.69, 9.17) is 15.0 Å². The second kappa shape index (κ2) is 24.6. The van der Waals surface area contributed by atoms with Crippen LogP contribution >= 0.6 is 0 Å². The molecule has 2 aliphatic rings. The van der Waals surface area contributed by atoms with E-state index < -0.39 is 0 Å². The average molecular weight is 764 g/mol. The predicted molar refractivity (Wildman–Crippen MR) is 226 cm³/mol. The highest BCUT2D eigenvalue weighted by Gasteiger charge is 2.34. The molecule has 310 valence electrons. The largest absolute Gasteiger partial charge is 0.464 e. The number of aldehydes is 1. The molecule has 6 atom stereocenters. The Bertz CT molecular complexity index is 1380. The first-order chi connectivity index (χ1) is 26.4. The molecule has 0 spiro atoms. The van der Waals surface area contributed by atoms with E-state index in [1.54, 1.807) is 0 Å². The van der Waals surface area contributed by atoms with E-state index in [1.165, 1.54) is 69.0 Å². The lowest BCUT2D eigenvalue weighted by molar-refractivity contribution is -0.175. The molecule has 9 nitrogen and oxygen atoms in total. The summed E-state index contributed by atoms with van der Waals surface area (Å²) in [5.41, 5.74) is 13.4. The number of amides is 1.